The molecule has 2 heterocycles. The Morgan fingerprint density at radius 1 is 1.33 bits per heavy atom. The molecule has 4 amide bonds. The molecule has 0 aliphatic carbocycles. The van der Waals surface area contributed by atoms with Crippen LogP contribution in [-0.4, -0.2) is 41.6 Å². The summed E-state index contributed by atoms with van der Waals surface area (Å²) in [5.41, 5.74) is -0.0995. The second-order valence-corrected chi connectivity index (χ2v) is 5.97. The second-order valence-electron chi connectivity index (χ2n) is 5.97. The van der Waals surface area contributed by atoms with Crippen molar-refractivity contribution in [2.45, 2.75) is 32.4 Å². The van der Waals surface area contributed by atoms with Crippen molar-refractivity contribution in [3.8, 4) is 11.5 Å². The molecule has 1 aromatic rings. The van der Waals surface area contributed by atoms with Crippen LogP contribution in [0.4, 0.5) is 4.79 Å². The monoisotopic (exact) mass is 333 g/mol. The number of amides is 4. The first-order chi connectivity index (χ1) is 11.4. The number of urea groups is 1. The van der Waals surface area contributed by atoms with Gasteiger partial charge in [-0.15, -0.1) is 0 Å². The number of ether oxygens (including phenoxy) is 2. The van der Waals surface area contributed by atoms with Gasteiger partial charge in [0.05, 0.1) is 0 Å². The van der Waals surface area contributed by atoms with Crippen LogP contribution in [0.25, 0.3) is 0 Å². The van der Waals surface area contributed by atoms with Crippen LogP contribution >= 0.6 is 0 Å². The number of fused-ring (bicyclic) bond motifs is 1. The molecule has 2 N–H and O–H groups in total. The van der Waals surface area contributed by atoms with E-state index in [0.29, 0.717) is 17.9 Å². The Bertz CT molecular complexity index is 705. The first-order valence-corrected chi connectivity index (χ1v) is 7.72. The van der Waals surface area contributed by atoms with Gasteiger partial charge in [-0.1, -0.05) is 13.0 Å². The lowest BCUT2D eigenvalue weighted by Gasteiger charge is -2.19. The molecule has 8 heteroatoms. The standard InChI is InChI=1S/C16H19N3O5/c1-3-16(2)14(21)19(15(22)18-16)8-13(20)17-7-10-4-5-11-12(6-10)24-9-23-11/h4-6H,3,7-9H2,1-2H3,(H,17,20)(H,18,22). The average molecular weight is 333 g/mol. The number of nitrogens with zero attached hydrogens (tertiary/aromatic N) is 1. The lowest BCUT2D eigenvalue weighted by atomic mass is 9.99. The van der Waals surface area contributed by atoms with Gasteiger partial charge in [0.2, 0.25) is 12.7 Å². The van der Waals surface area contributed by atoms with Gasteiger partial charge < -0.3 is 20.1 Å². The number of carbonyl (C=O) groups is 3. The van der Waals surface area contributed by atoms with Gasteiger partial charge in [-0.05, 0) is 31.0 Å². The van der Waals surface area contributed by atoms with Gasteiger partial charge in [-0.3, -0.25) is 14.5 Å². The summed E-state index contributed by atoms with van der Waals surface area (Å²) in [6.07, 6.45) is 0.465. The molecule has 0 bridgehead atoms. The smallest absolute Gasteiger partial charge is 0.325 e. The largest absolute Gasteiger partial charge is 0.454 e. The summed E-state index contributed by atoms with van der Waals surface area (Å²) in [6.45, 7) is 3.61. The van der Waals surface area contributed by atoms with Gasteiger partial charge in [0.15, 0.2) is 11.5 Å². The van der Waals surface area contributed by atoms with E-state index < -0.39 is 17.5 Å². The molecule has 128 valence electrons. The molecule has 24 heavy (non-hydrogen) atoms. The number of nitrogens with one attached hydrogen (secondary N) is 2. The summed E-state index contributed by atoms with van der Waals surface area (Å²) >= 11 is 0. The predicted octanol–water partition coefficient (Wildman–Crippen LogP) is 0.752. The van der Waals surface area contributed by atoms with Gasteiger partial charge in [0, 0.05) is 6.54 Å². The Morgan fingerprint density at radius 2 is 2.08 bits per heavy atom. The Balaban J connectivity index is 1.56. The molecule has 3 rings (SSSR count). The van der Waals surface area contributed by atoms with Crippen molar-refractivity contribution in [1.82, 2.24) is 15.5 Å². The van der Waals surface area contributed by atoms with Gasteiger partial charge in [0.1, 0.15) is 12.1 Å². The van der Waals surface area contributed by atoms with Gasteiger partial charge in [-0.25, -0.2) is 4.79 Å². The molecule has 1 atom stereocenters. The number of hydrogen-bond acceptors (Lipinski definition) is 5. The molecule has 8 nitrogen and oxygen atoms in total. The van der Waals surface area contributed by atoms with E-state index in [0.717, 1.165) is 10.5 Å². The van der Waals surface area contributed by atoms with Crippen molar-refractivity contribution in [2.24, 2.45) is 0 Å². The van der Waals surface area contributed by atoms with Gasteiger partial charge >= 0.3 is 6.03 Å². The fraction of sp³-hybridized carbons (Fsp3) is 0.438. The molecule has 2 aliphatic heterocycles. The normalized spacial score (nSPS) is 21.8. The summed E-state index contributed by atoms with van der Waals surface area (Å²) < 4.78 is 10.5. The number of rotatable bonds is 5. The van der Waals surface area contributed by atoms with E-state index in [1.54, 1.807) is 26.0 Å². The molecule has 1 unspecified atom stereocenters. The first-order valence-electron chi connectivity index (χ1n) is 7.72. The minimum Gasteiger partial charge on any atom is -0.454 e. The van der Waals surface area contributed by atoms with Crippen LogP contribution in [-0.2, 0) is 16.1 Å². The van der Waals surface area contributed by atoms with Crippen LogP contribution in [0.2, 0.25) is 0 Å². The fourth-order valence-corrected chi connectivity index (χ4v) is 2.58. The topological polar surface area (TPSA) is 97.0 Å². The molecule has 0 aromatic heterocycles. The lowest BCUT2D eigenvalue weighted by Crippen LogP contribution is -2.44. The molecule has 0 saturated carbocycles. The maximum Gasteiger partial charge on any atom is 0.325 e. The Labute approximate surface area is 139 Å². The van der Waals surface area contributed by atoms with E-state index in [1.807, 2.05) is 6.07 Å². The van der Waals surface area contributed by atoms with Crippen LogP contribution in [0.3, 0.4) is 0 Å². The van der Waals surface area contributed by atoms with E-state index in [1.165, 1.54) is 0 Å². The summed E-state index contributed by atoms with van der Waals surface area (Å²) in [6, 6.07) is 4.83. The van der Waals surface area contributed by atoms with Gasteiger partial charge in [-0.2, -0.15) is 0 Å². The molecule has 1 saturated heterocycles. The molecule has 1 fully saturated rings. The van der Waals surface area contributed by atoms with Gasteiger partial charge in [0.25, 0.3) is 5.91 Å². The maximum absolute atomic E-state index is 12.2. The van der Waals surface area contributed by atoms with Crippen LogP contribution in [0.15, 0.2) is 18.2 Å². The SMILES string of the molecule is CCC1(C)NC(=O)N(CC(=O)NCc2ccc3c(c2)OCO3)C1=O. The Hall–Kier alpha value is -2.77. The summed E-state index contributed by atoms with van der Waals surface area (Å²) in [4.78, 5) is 37.1. The quantitative estimate of drug-likeness (QED) is 0.775. The van der Waals surface area contributed by atoms with Crippen molar-refractivity contribution >= 4 is 17.8 Å². The number of carbonyl (C=O) groups excluding carboxylic acids is 3. The van der Waals surface area contributed by atoms with Crippen LogP contribution < -0.4 is 20.1 Å². The Kier molecular flexibility index (Phi) is 4.04. The zero-order valence-electron chi connectivity index (χ0n) is 13.5. The number of benzene rings is 1. The predicted molar refractivity (Wildman–Crippen MR) is 83.4 cm³/mol. The maximum atomic E-state index is 12.2. The molecule has 1 aromatic carbocycles. The van der Waals surface area contributed by atoms with E-state index in [-0.39, 0.29) is 25.8 Å². The van der Waals surface area contributed by atoms with Crippen molar-refractivity contribution in [1.29, 1.82) is 0 Å². The average Bonchev–Trinajstić information content (AvgIpc) is 3.11. The highest BCUT2D eigenvalue weighted by Crippen LogP contribution is 2.32. The fourth-order valence-electron chi connectivity index (χ4n) is 2.58. The third kappa shape index (κ3) is 2.86. The molecular weight excluding hydrogens is 314 g/mol. The van der Waals surface area contributed by atoms with E-state index in [4.69, 9.17) is 9.47 Å². The molecular formula is C16H19N3O5. The summed E-state index contributed by atoms with van der Waals surface area (Å²) in [5, 5.41) is 5.31. The van der Waals surface area contributed by atoms with E-state index in [2.05, 4.69) is 10.6 Å². The molecule has 0 spiro atoms. The minimum absolute atomic E-state index is 0.188. The highest BCUT2D eigenvalue weighted by Gasteiger charge is 2.46. The van der Waals surface area contributed by atoms with Crippen molar-refractivity contribution < 1.29 is 23.9 Å². The van der Waals surface area contributed by atoms with Crippen molar-refractivity contribution in [2.75, 3.05) is 13.3 Å². The molecule has 2 aliphatic rings. The summed E-state index contributed by atoms with van der Waals surface area (Å²) in [7, 11) is 0. The highest BCUT2D eigenvalue weighted by atomic mass is 16.7. The van der Waals surface area contributed by atoms with Crippen molar-refractivity contribution in [3.05, 3.63) is 23.8 Å². The third-order valence-electron chi connectivity index (χ3n) is 4.28. The van der Waals surface area contributed by atoms with Crippen LogP contribution in [0.1, 0.15) is 25.8 Å². The third-order valence-corrected chi connectivity index (χ3v) is 4.28. The number of imide groups is 1. The van der Waals surface area contributed by atoms with Crippen LogP contribution in [0.5, 0.6) is 11.5 Å². The zero-order valence-corrected chi connectivity index (χ0v) is 13.5. The second kappa shape index (κ2) is 6.03. The Morgan fingerprint density at radius 3 is 2.79 bits per heavy atom. The number of hydrogen-bond donors (Lipinski definition) is 2. The van der Waals surface area contributed by atoms with Crippen molar-refractivity contribution in [3.63, 3.8) is 0 Å². The minimum atomic E-state index is -0.936. The first kappa shape index (κ1) is 16.1. The van der Waals surface area contributed by atoms with E-state index in [9.17, 15) is 14.4 Å². The molecule has 0 radical (unpaired) electrons. The van der Waals surface area contributed by atoms with E-state index >= 15 is 0 Å². The lowest BCUT2D eigenvalue weighted by molar-refractivity contribution is -0.134. The zero-order chi connectivity index (χ0) is 17.3. The summed E-state index contributed by atoms with van der Waals surface area (Å²) in [5.74, 6) is 0.516. The van der Waals surface area contributed by atoms with Crippen LogP contribution in [0, 0.1) is 0 Å². The highest BCUT2D eigenvalue weighted by molar-refractivity contribution is 6.08.